The SMILES string of the molecule is COc1ccc(C(O)CCC[C@@H](C)[C@H]2CC[C@H]3C4=C(F)C[C@H]5[C@@H](O)[C@@H](O)CC[C@]5(C)[C@H]4CC[C@]23C)cc1. The van der Waals surface area contributed by atoms with Gasteiger partial charge in [0.1, 0.15) is 11.6 Å². The molecule has 3 N–H and O–H groups in total. The Hall–Kier alpha value is -1.43. The van der Waals surface area contributed by atoms with E-state index in [0.717, 1.165) is 68.3 Å². The Morgan fingerprint density at radius 1 is 0.973 bits per heavy atom. The zero-order valence-electron chi connectivity index (χ0n) is 23.1. The monoisotopic (exact) mass is 514 g/mol. The lowest BCUT2D eigenvalue weighted by atomic mass is 9.47. The molecular formula is C32H47FO4. The minimum atomic E-state index is -0.816. The predicted octanol–water partition coefficient (Wildman–Crippen LogP) is 6.74. The van der Waals surface area contributed by atoms with E-state index in [0.29, 0.717) is 24.2 Å². The summed E-state index contributed by atoms with van der Waals surface area (Å²) in [6.07, 6.45) is 6.90. The van der Waals surface area contributed by atoms with Gasteiger partial charge in [0, 0.05) is 6.42 Å². The summed E-state index contributed by atoms with van der Waals surface area (Å²) in [5.41, 5.74) is 2.02. The van der Waals surface area contributed by atoms with Gasteiger partial charge in [0.2, 0.25) is 0 Å². The molecule has 4 aliphatic rings. The number of benzene rings is 1. The van der Waals surface area contributed by atoms with Crippen LogP contribution in [0.5, 0.6) is 5.75 Å². The highest BCUT2D eigenvalue weighted by molar-refractivity contribution is 5.31. The van der Waals surface area contributed by atoms with Crippen molar-refractivity contribution in [2.45, 2.75) is 103 Å². The third kappa shape index (κ3) is 4.57. The van der Waals surface area contributed by atoms with Crippen molar-refractivity contribution < 1.29 is 24.4 Å². The van der Waals surface area contributed by atoms with Crippen molar-refractivity contribution in [2.75, 3.05) is 7.11 Å². The van der Waals surface area contributed by atoms with Crippen molar-refractivity contribution in [2.24, 2.45) is 40.4 Å². The van der Waals surface area contributed by atoms with Gasteiger partial charge in [-0.1, -0.05) is 45.7 Å². The van der Waals surface area contributed by atoms with Crippen LogP contribution >= 0.6 is 0 Å². The summed E-state index contributed by atoms with van der Waals surface area (Å²) in [7, 11) is 1.65. The maximum atomic E-state index is 15.8. The van der Waals surface area contributed by atoms with Crippen LogP contribution in [0.15, 0.2) is 35.7 Å². The minimum Gasteiger partial charge on any atom is -0.497 e. The Labute approximate surface area is 222 Å². The van der Waals surface area contributed by atoms with E-state index in [1.807, 2.05) is 24.3 Å². The highest BCUT2D eigenvalue weighted by Gasteiger charge is 2.61. The fourth-order valence-electron chi connectivity index (χ4n) is 9.38. The first-order valence-electron chi connectivity index (χ1n) is 14.7. The molecule has 1 aromatic rings. The van der Waals surface area contributed by atoms with Crippen molar-refractivity contribution in [1.82, 2.24) is 0 Å². The molecule has 5 rings (SSSR count). The number of fused-ring (bicyclic) bond motifs is 5. The molecule has 3 fully saturated rings. The number of rotatable bonds is 7. The third-order valence-corrected chi connectivity index (χ3v) is 11.6. The van der Waals surface area contributed by atoms with E-state index >= 15 is 4.39 Å². The molecule has 4 nitrogen and oxygen atoms in total. The van der Waals surface area contributed by atoms with Crippen molar-refractivity contribution in [1.29, 1.82) is 0 Å². The maximum Gasteiger partial charge on any atom is 0.118 e. The van der Waals surface area contributed by atoms with Gasteiger partial charge in [0.25, 0.3) is 0 Å². The normalized spacial score (nSPS) is 41.0. The first-order chi connectivity index (χ1) is 17.6. The second-order valence-electron chi connectivity index (χ2n) is 13.3. The summed E-state index contributed by atoms with van der Waals surface area (Å²) in [6.45, 7) is 7.05. The molecule has 206 valence electrons. The average Bonchev–Trinajstić information content (AvgIpc) is 3.25. The number of allylic oxidation sites excluding steroid dienone is 2. The number of ether oxygens (including phenoxy) is 1. The van der Waals surface area contributed by atoms with Crippen molar-refractivity contribution >= 4 is 0 Å². The van der Waals surface area contributed by atoms with Crippen LogP contribution in [-0.4, -0.2) is 34.6 Å². The fraction of sp³-hybridized carbons (Fsp3) is 0.750. The molecule has 0 aromatic heterocycles. The largest absolute Gasteiger partial charge is 0.497 e. The Bertz CT molecular complexity index is 991. The van der Waals surface area contributed by atoms with Gasteiger partial charge >= 0.3 is 0 Å². The molecular weight excluding hydrogens is 467 g/mol. The van der Waals surface area contributed by atoms with E-state index in [-0.39, 0.29) is 34.9 Å². The van der Waals surface area contributed by atoms with Gasteiger partial charge < -0.3 is 20.1 Å². The Morgan fingerprint density at radius 3 is 2.35 bits per heavy atom. The molecule has 0 aliphatic heterocycles. The number of hydrogen-bond donors (Lipinski definition) is 3. The van der Waals surface area contributed by atoms with Crippen LogP contribution in [0.3, 0.4) is 0 Å². The second-order valence-corrected chi connectivity index (χ2v) is 13.3. The molecule has 3 saturated carbocycles. The Morgan fingerprint density at radius 2 is 1.65 bits per heavy atom. The van der Waals surface area contributed by atoms with Gasteiger partial charge in [-0.3, -0.25) is 0 Å². The first kappa shape index (κ1) is 27.1. The molecule has 37 heavy (non-hydrogen) atoms. The molecule has 1 aromatic carbocycles. The van der Waals surface area contributed by atoms with Gasteiger partial charge in [-0.15, -0.1) is 0 Å². The number of halogens is 1. The molecule has 1 unspecified atom stereocenters. The molecule has 0 saturated heterocycles. The lowest BCUT2D eigenvalue weighted by Crippen LogP contribution is -2.55. The smallest absolute Gasteiger partial charge is 0.118 e. The van der Waals surface area contributed by atoms with Gasteiger partial charge in [-0.2, -0.15) is 0 Å². The molecule has 0 radical (unpaired) electrons. The van der Waals surface area contributed by atoms with Gasteiger partial charge in [0.05, 0.1) is 25.4 Å². The van der Waals surface area contributed by atoms with Crippen molar-refractivity contribution in [3.8, 4) is 5.75 Å². The summed E-state index contributed by atoms with van der Waals surface area (Å²) >= 11 is 0. The van der Waals surface area contributed by atoms with Gasteiger partial charge in [-0.25, -0.2) is 4.39 Å². The van der Waals surface area contributed by atoms with Crippen LogP contribution in [-0.2, 0) is 0 Å². The van der Waals surface area contributed by atoms with E-state index in [4.69, 9.17) is 4.74 Å². The van der Waals surface area contributed by atoms with Gasteiger partial charge in [-0.05, 0) is 109 Å². The predicted molar refractivity (Wildman–Crippen MR) is 144 cm³/mol. The van der Waals surface area contributed by atoms with Crippen molar-refractivity contribution in [3.05, 3.63) is 41.2 Å². The number of hydrogen-bond acceptors (Lipinski definition) is 4. The van der Waals surface area contributed by atoms with E-state index in [9.17, 15) is 15.3 Å². The number of aliphatic hydroxyl groups excluding tert-OH is 3. The van der Waals surface area contributed by atoms with Crippen LogP contribution in [0, 0.1) is 40.4 Å². The third-order valence-electron chi connectivity index (χ3n) is 11.6. The standard InChI is InChI=1S/C32H47FO4/c1-19(6-5-7-27(34)20-8-10-21(37-4)11-9-20)22-12-13-23-29-24(14-16-31(22,23)2)32(3)17-15-28(35)30(36)25(32)18-26(29)33/h8-11,19,22-25,27-28,30,34-36H,5-7,12-18H2,1-4H3/t19-,22-,23+,24+,25+,27?,28+,30-,31-,32-/m1/s1. The molecule has 0 heterocycles. The molecule has 0 bridgehead atoms. The molecule has 10 atom stereocenters. The molecule has 0 spiro atoms. The van der Waals surface area contributed by atoms with Crippen LogP contribution in [0.1, 0.15) is 96.6 Å². The Balaban J connectivity index is 1.25. The molecule has 0 amide bonds. The van der Waals surface area contributed by atoms with E-state index in [2.05, 4.69) is 20.8 Å². The minimum absolute atomic E-state index is 0.0208. The highest BCUT2D eigenvalue weighted by atomic mass is 19.1. The zero-order chi connectivity index (χ0) is 26.5. The lowest BCUT2D eigenvalue weighted by Gasteiger charge is -2.59. The van der Waals surface area contributed by atoms with Crippen LogP contribution in [0.4, 0.5) is 4.39 Å². The number of methoxy groups -OCH3 is 1. The summed E-state index contributed by atoms with van der Waals surface area (Å²) in [5, 5.41) is 31.7. The quantitative estimate of drug-likeness (QED) is 0.377. The lowest BCUT2D eigenvalue weighted by molar-refractivity contribution is -0.128. The topological polar surface area (TPSA) is 69.9 Å². The van der Waals surface area contributed by atoms with E-state index < -0.39 is 18.3 Å². The van der Waals surface area contributed by atoms with Crippen molar-refractivity contribution in [3.63, 3.8) is 0 Å². The Kier molecular flexibility index (Phi) is 7.54. The maximum absolute atomic E-state index is 15.8. The first-order valence-corrected chi connectivity index (χ1v) is 14.7. The summed E-state index contributed by atoms with van der Waals surface area (Å²) in [4.78, 5) is 0. The highest BCUT2D eigenvalue weighted by Crippen LogP contribution is 2.68. The number of aliphatic hydroxyl groups is 3. The summed E-state index contributed by atoms with van der Waals surface area (Å²) < 4.78 is 21.1. The molecule has 4 aliphatic carbocycles. The second kappa shape index (κ2) is 10.3. The fourth-order valence-corrected chi connectivity index (χ4v) is 9.38. The zero-order valence-corrected chi connectivity index (χ0v) is 23.1. The van der Waals surface area contributed by atoms with Crippen LogP contribution in [0.2, 0.25) is 0 Å². The van der Waals surface area contributed by atoms with Crippen LogP contribution in [0.25, 0.3) is 0 Å². The van der Waals surface area contributed by atoms with E-state index in [1.165, 1.54) is 0 Å². The van der Waals surface area contributed by atoms with Gasteiger partial charge in [0.15, 0.2) is 0 Å². The van der Waals surface area contributed by atoms with E-state index in [1.54, 1.807) is 7.11 Å². The summed E-state index contributed by atoms with van der Waals surface area (Å²) in [6, 6.07) is 7.68. The van der Waals surface area contributed by atoms with Crippen LogP contribution < -0.4 is 4.74 Å². The summed E-state index contributed by atoms with van der Waals surface area (Å²) in [5.74, 6) is 2.24. The molecule has 5 heteroatoms. The average molecular weight is 515 g/mol.